The fourth-order valence-electron chi connectivity index (χ4n) is 3.07. The molecule has 2 aromatic carbocycles. The molecule has 0 atom stereocenters. The average Bonchev–Trinajstić information content (AvgIpc) is 2.69. The van der Waals surface area contributed by atoms with Gasteiger partial charge in [-0.3, -0.25) is 14.5 Å². The summed E-state index contributed by atoms with van der Waals surface area (Å²) in [5.74, 6) is 1.40. The van der Waals surface area contributed by atoms with Gasteiger partial charge < -0.3 is 15.0 Å². The summed E-state index contributed by atoms with van der Waals surface area (Å²) >= 11 is 0. The third-order valence-electron chi connectivity index (χ3n) is 4.46. The van der Waals surface area contributed by atoms with Crippen molar-refractivity contribution in [1.82, 2.24) is 15.1 Å². The molecule has 142 valence electrons. The van der Waals surface area contributed by atoms with Gasteiger partial charge in [0.1, 0.15) is 11.5 Å². The van der Waals surface area contributed by atoms with Gasteiger partial charge in [-0.25, -0.2) is 0 Å². The van der Waals surface area contributed by atoms with Crippen molar-refractivity contribution in [3.63, 3.8) is 0 Å². The third kappa shape index (κ3) is 5.31. The molecule has 0 unspecified atom stereocenters. The fraction of sp³-hybridized carbons (Fsp3) is 0.333. The lowest BCUT2D eigenvalue weighted by atomic mass is 10.1. The van der Waals surface area contributed by atoms with Gasteiger partial charge in [0.05, 0.1) is 6.54 Å². The number of ether oxygens (including phenoxy) is 1. The Balaban J connectivity index is 1.57. The second-order valence-electron chi connectivity index (χ2n) is 6.46. The van der Waals surface area contributed by atoms with Crippen LogP contribution in [0.1, 0.15) is 17.3 Å². The molecule has 1 aliphatic heterocycles. The quantitative estimate of drug-likeness (QED) is 0.852. The zero-order chi connectivity index (χ0) is 19.1. The van der Waals surface area contributed by atoms with E-state index in [2.05, 4.69) is 10.2 Å². The van der Waals surface area contributed by atoms with Gasteiger partial charge >= 0.3 is 0 Å². The first-order valence-electron chi connectivity index (χ1n) is 9.27. The maximum absolute atomic E-state index is 12.8. The number of amides is 2. The Kier molecular flexibility index (Phi) is 6.44. The van der Waals surface area contributed by atoms with Gasteiger partial charge in [0.2, 0.25) is 5.91 Å². The van der Waals surface area contributed by atoms with Crippen molar-refractivity contribution in [3.8, 4) is 11.5 Å². The Morgan fingerprint density at radius 2 is 1.67 bits per heavy atom. The zero-order valence-corrected chi connectivity index (χ0v) is 15.6. The third-order valence-corrected chi connectivity index (χ3v) is 4.46. The van der Waals surface area contributed by atoms with E-state index in [1.54, 1.807) is 12.1 Å². The molecule has 0 saturated carbocycles. The van der Waals surface area contributed by atoms with E-state index in [1.165, 1.54) is 0 Å². The van der Waals surface area contributed by atoms with E-state index in [0.29, 0.717) is 50.6 Å². The van der Waals surface area contributed by atoms with E-state index in [9.17, 15) is 9.59 Å². The number of hydrogen-bond donors (Lipinski definition) is 1. The van der Waals surface area contributed by atoms with Crippen molar-refractivity contribution in [2.75, 3.05) is 39.3 Å². The summed E-state index contributed by atoms with van der Waals surface area (Å²) in [5, 5.41) is 2.80. The van der Waals surface area contributed by atoms with Gasteiger partial charge in [0.15, 0.2) is 0 Å². The molecule has 0 bridgehead atoms. The number of likely N-dealkylation sites (N-methyl/N-ethyl adjacent to an activating group) is 1. The molecular formula is C21H25N3O3. The molecule has 6 heteroatoms. The molecule has 1 N–H and O–H groups in total. The van der Waals surface area contributed by atoms with Crippen molar-refractivity contribution in [1.29, 1.82) is 0 Å². The van der Waals surface area contributed by atoms with E-state index in [-0.39, 0.29) is 11.8 Å². The standard InChI is InChI=1S/C21H25N3O3/c1-2-22-20(25)16-23-11-13-24(14-12-23)21(26)17-7-6-10-19(15-17)27-18-8-4-3-5-9-18/h3-10,15H,2,11-14,16H2,1H3,(H,22,25). The van der Waals surface area contributed by atoms with E-state index in [0.717, 1.165) is 5.75 Å². The van der Waals surface area contributed by atoms with Crippen LogP contribution in [0.4, 0.5) is 0 Å². The summed E-state index contributed by atoms with van der Waals surface area (Å²) in [6, 6.07) is 16.8. The number of nitrogens with zero attached hydrogens (tertiary/aromatic N) is 2. The number of rotatable bonds is 6. The van der Waals surface area contributed by atoms with Crippen LogP contribution in [0.2, 0.25) is 0 Å². The van der Waals surface area contributed by atoms with E-state index < -0.39 is 0 Å². The van der Waals surface area contributed by atoms with Crippen LogP contribution in [0.25, 0.3) is 0 Å². The first kappa shape index (κ1) is 18.9. The zero-order valence-electron chi connectivity index (χ0n) is 15.6. The van der Waals surface area contributed by atoms with Crippen molar-refractivity contribution < 1.29 is 14.3 Å². The van der Waals surface area contributed by atoms with Crippen LogP contribution in [0, 0.1) is 0 Å². The monoisotopic (exact) mass is 367 g/mol. The van der Waals surface area contributed by atoms with Gasteiger partial charge in [-0.05, 0) is 37.3 Å². The molecule has 3 rings (SSSR count). The van der Waals surface area contributed by atoms with Gasteiger partial charge in [-0.1, -0.05) is 24.3 Å². The smallest absolute Gasteiger partial charge is 0.254 e. The second kappa shape index (κ2) is 9.19. The summed E-state index contributed by atoms with van der Waals surface area (Å²) in [6.07, 6.45) is 0. The molecular weight excluding hydrogens is 342 g/mol. The Morgan fingerprint density at radius 1 is 0.963 bits per heavy atom. The van der Waals surface area contributed by atoms with Crippen molar-refractivity contribution in [2.45, 2.75) is 6.92 Å². The highest BCUT2D eigenvalue weighted by molar-refractivity contribution is 5.94. The predicted octanol–water partition coefficient (Wildman–Crippen LogP) is 2.37. The van der Waals surface area contributed by atoms with Crippen LogP contribution in [0.5, 0.6) is 11.5 Å². The highest BCUT2D eigenvalue weighted by Crippen LogP contribution is 2.22. The first-order chi connectivity index (χ1) is 13.2. The number of carbonyl (C=O) groups is 2. The SMILES string of the molecule is CCNC(=O)CN1CCN(C(=O)c2cccc(Oc3ccccc3)c2)CC1. The molecule has 1 saturated heterocycles. The molecule has 6 nitrogen and oxygen atoms in total. The van der Waals surface area contributed by atoms with Gasteiger partial charge in [-0.2, -0.15) is 0 Å². The molecule has 1 fully saturated rings. The molecule has 0 aliphatic carbocycles. The number of piperazine rings is 1. The normalized spacial score (nSPS) is 14.6. The van der Waals surface area contributed by atoms with Gasteiger partial charge in [0, 0.05) is 38.3 Å². The number of hydrogen-bond acceptors (Lipinski definition) is 4. The first-order valence-corrected chi connectivity index (χ1v) is 9.27. The van der Waals surface area contributed by atoms with Crippen LogP contribution in [0.15, 0.2) is 54.6 Å². The molecule has 1 aliphatic rings. The predicted molar refractivity (Wildman–Crippen MR) is 104 cm³/mol. The number of benzene rings is 2. The number of nitrogens with one attached hydrogen (secondary N) is 1. The molecule has 0 spiro atoms. The average molecular weight is 367 g/mol. The summed E-state index contributed by atoms with van der Waals surface area (Å²) in [7, 11) is 0. The Morgan fingerprint density at radius 3 is 2.37 bits per heavy atom. The van der Waals surface area contributed by atoms with Crippen LogP contribution >= 0.6 is 0 Å². The molecule has 27 heavy (non-hydrogen) atoms. The lowest BCUT2D eigenvalue weighted by Gasteiger charge is -2.34. The van der Waals surface area contributed by atoms with Crippen LogP contribution in [-0.2, 0) is 4.79 Å². The van der Waals surface area contributed by atoms with E-state index in [4.69, 9.17) is 4.74 Å². The van der Waals surface area contributed by atoms with Crippen molar-refractivity contribution in [3.05, 3.63) is 60.2 Å². The molecule has 2 aromatic rings. The number of carbonyl (C=O) groups excluding carboxylic acids is 2. The minimum Gasteiger partial charge on any atom is -0.457 e. The fourth-order valence-corrected chi connectivity index (χ4v) is 3.07. The van der Waals surface area contributed by atoms with Gasteiger partial charge in [0.25, 0.3) is 5.91 Å². The van der Waals surface area contributed by atoms with Crippen molar-refractivity contribution >= 4 is 11.8 Å². The maximum Gasteiger partial charge on any atom is 0.254 e. The summed E-state index contributed by atoms with van der Waals surface area (Å²) in [5.41, 5.74) is 0.612. The lowest BCUT2D eigenvalue weighted by molar-refractivity contribution is -0.122. The summed E-state index contributed by atoms with van der Waals surface area (Å²) in [4.78, 5) is 28.4. The Labute approximate surface area is 159 Å². The van der Waals surface area contributed by atoms with Crippen LogP contribution < -0.4 is 10.1 Å². The van der Waals surface area contributed by atoms with Crippen LogP contribution in [-0.4, -0.2) is 60.9 Å². The number of para-hydroxylation sites is 1. The van der Waals surface area contributed by atoms with Crippen LogP contribution in [0.3, 0.4) is 0 Å². The molecule has 1 heterocycles. The summed E-state index contributed by atoms with van der Waals surface area (Å²) in [6.45, 7) is 5.55. The minimum atomic E-state index is -0.00817. The van der Waals surface area contributed by atoms with E-state index in [1.807, 2.05) is 54.3 Å². The summed E-state index contributed by atoms with van der Waals surface area (Å²) < 4.78 is 5.82. The molecule has 2 amide bonds. The maximum atomic E-state index is 12.8. The second-order valence-corrected chi connectivity index (χ2v) is 6.46. The van der Waals surface area contributed by atoms with E-state index >= 15 is 0 Å². The topological polar surface area (TPSA) is 61.9 Å². The minimum absolute atomic E-state index is 0.00817. The molecule has 0 aromatic heterocycles. The van der Waals surface area contributed by atoms with Crippen molar-refractivity contribution in [2.24, 2.45) is 0 Å². The molecule has 0 radical (unpaired) electrons. The highest BCUT2D eigenvalue weighted by Gasteiger charge is 2.23. The van der Waals surface area contributed by atoms with Gasteiger partial charge in [-0.15, -0.1) is 0 Å². The largest absolute Gasteiger partial charge is 0.457 e. The lowest BCUT2D eigenvalue weighted by Crippen LogP contribution is -2.51. The Bertz CT molecular complexity index is 771. The Hall–Kier alpha value is -2.86. The highest BCUT2D eigenvalue weighted by atomic mass is 16.5.